The summed E-state index contributed by atoms with van der Waals surface area (Å²) >= 11 is 0. The van der Waals surface area contributed by atoms with E-state index in [2.05, 4.69) is 10.2 Å². The third-order valence-electron chi connectivity index (χ3n) is 5.68. The molecule has 5 rings (SSSR count). The molecule has 3 heterocycles. The summed E-state index contributed by atoms with van der Waals surface area (Å²) in [4.78, 5) is 15.6. The van der Waals surface area contributed by atoms with Gasteiger partial charge >= 0.3 is 0 Å². The zero-order chi connectivity index (χ0) is 17.3. The molecule has 2 aromatic carbocycles. The Hall–Kier alpha value is -2.17. The van der Waals surface area contributed by atoms with Gasteiger partial charge in [-0.25, -0.2) is 0 Å². The number of aliphatic hydroxyl groups is 1. The summed E-state index contributed by atoms with van der Waals surface area (Å²) in [7, 11) is 0. The summed E-state index contributed by atoms with van der Waals surface area (Å²) in [5.41, 5.74) is -0.478. The maximum absolute atomic E-state index is 13.2. The van der Waals surface area contributed by atoms with Gasteiger partial charge in [-0.2, -0.15) is 0 Å². The van der Waals surface area contributed by atoms with Crippen molar-refractivity contribution in [1.29, 1.82) is 0 Å². The molecule has 2 aromatic rings. The van der Waals surface area contributed by atoms with E-state index in [-0.39, 0.29) is 11.9 Å². The highest BCUT2D eigenvalue weighted by molar-refractivity contribution is 5.90. The van der Waals surface area contributed by atoms with Gasteiger partial charge in [0.05, 0.1) is 0 Å². The van der Waals surface area contributed by atoms with Crippen LogP contribution in [0.3, 0.4) is 0 Å². The van der Waals surface area contributed by atoms with Crippen LogP contribution < -0.4 is 5.32 Å². The van der Waals surface area contributed by atoms with Crippen molar-refractivity contribution >= 4 is 5.91 Å². The van der Waals surface area contributed by atoms with Crippen LogP contribution >= 0.6 is 0 Å². The summed E-state index contributed by atoms with van der Waals surface area (Å²) in [6, 6.07) is 18.5. The average molecular weight is 336 g/mol. The molecule has 4 heteroatoms. The molecule has 1 amide bonds. The quantitative estimate of drug-likeness (QED) is 0.899. The molecule has 130 valence electrons. The summed E-state index contributed by atoms with van der Waals surface area (Å²) in [5, 5.41) is 14.7. The van der Waals surface area contributed by atoms with Crippen LogP contribution in [0, 0.1) is 5.92 Å². The highest BCUT2D eigenvalue weighted by Gasteiger charge is 2.43. The highest BCUT2D eigenvalue weighted by atomic mass is 16.3. The SMILES string of the molecule is O=C(NC1CN2CCC1CC2)C(O)(c1ccccc1)c1ccccc1. The van der Waals surface area contributed by atoms with Crippen molar-refractivity contribution in [3.63, 3.8) is 0 Å². The summed E-state index contributed by atoms with van der Waals surface area (Å²) < 4.78 is 0. The van der Waals surface area contributed by atoms with Gasteiger partial charge in [-0.3, -0.25) is 4.79 Å². The fraction of sp³-hybridized carbons (Fsp3) is 0.381. The fourth-order valence-corrected chi connectivity index (χ4v) is 4.19. The van der Waals surface area contributed by atoms with Crippen LogP contribution in [0.5, 0.6) is 0 Å². The summed E-state index contributed by atoms with van der Waals surface area (Å²) in [6.45, 7) is 3.13. The Bertz CT molecular complexity index is 685. The van der Waals surface area contributed by atoms with E-state index in [1.807, 2.05) is 60.7 Å². The van der Waals surface area contributed by atoms with Crippen LogP contribution in [0.25, 0.3) is 0 Å². The van der Waals surface area contributed by atoms with Gasteiger partial charge in [0.15, 0.2) is 5.60 Å². The van der Waals surface area contributed by atoms with Crippen LogP contribution in [0.15, 0.2) is 60.7 Å². The number of nitrogens with zero attached hydrogens (tertiary/aromatic N) is 1. The number of hydrogen-bond donors (Lipinski definition) is 2. The molecular weight excluding hydrogens is 312 g/mol. The first-order chi connectivity index (χ1) is 12.2. The molecule has 2 N–H and O–H groups in total. The Morgan fingerprint density at radius 3 is 1.92 bits per heavy atom. The van der Waals surface area contributed by atoms with E-state index in [4.69, 9.17) is 0 Å². The molecule has 3 fully saturated rings. The van der Waals surface area contributed by atoms with E-state index in [0.29, 0.717) is 17.0 Å². The van der Waals surface area contributed by atoms with Gasteiger partial charge in [0, 0.05) is 12.6 Å². The van der Waals surface area contributed by atoms with Gasteiger partial charge in [0.2, 0.25) is 0 Å². The standard InChI is InChI=1S/C21H24N2O2/c24-20(22-19-15-23-13-11-16(19)12-14-23)21(25,17-7-3-1-4-8-17)18-9-5-2-6-10-18/h1-10,16,19,25H,11-15H2,(H,22,24). The van der Waals surface area contributed by atoms with Gasteiger partial charge in [-0.05, 0) is 43.0 Å². The van der Waals surface area contributed by atoms with E-state index >= 15 is 0 Å². The van der Waals surface area contributed by atoms with Crippen molar-refractivity contribution in [2.24, 2.45) is 5.92 Å². The van der Waals surface area contributed by atoms with Gasteiger partial charge in [-0.15, -0.1) is 0 Å². The van der Waals surface area contributed by atoms with E-state index in [0.717, 1.165) is 32.5 Å². The second-order valence-electron chi connectivity index (χ2n) is 7.16. The summed E-state index contributed by atoms with van der Waals surface area (Å²) in [6.07, 6.45) is 2.25. The Morgan fingerprint density at radius 2 is 1.48 bits per heavy atom. The average Bonchev–Trinajstić information content (AvgIpc) is 2.69. The van der Waals surface area contributed by atoms with Gasteiger partial charge in [0.25, 0.3) is 5.91 Å². The minimum absolute atomic E-state index is 0.119. The van der Waals surface area contributed by atoms with E-state index in [9.17, 15) is 9.90 Å². The second kappa shape index (κ2) is 6.62. The van der Waals surface area contributed by atoms with Gasteiger partial charge in [0.1, 0.15) is 0 Å². The first kappa shape index (κ1) is 16.3. The van der Waals surface area contributed by atoms with Gasteiger partial charge < -0.3 is 15.3 Å². The molecule has 0 spiro atoms. The number of amides is 1. The van der Waals surface area contributed by atoms with Crippen molar-refractivity contribution in [3.8, 4) is 0 Å². The molecule has 0 saturated carbocycles. The molecular formula is C21H24N2O2. The number of hydrogen-bond acceptors (Lipinski definition) is 3. The van der Waals surface area contributed by atoms with E-state index in [1.165, 1.54) is 0 Å². The Balaban J connectivity index is 1.65. The lowest BCUT2D eigenvalue weighted by Gasteiger charge is -2.45. The minimum atomic E-state index is -1.67. The number of carbonyl (C=O) groups excluding carboxylic acids is 1. The van der Waals surface area contributed by atoms with E-state index in [1.54, 1.807) is 0 Å². The Morgan fingerprint density at radius 1 is 0.960 bits per heavy atom. The Kier molecular flexibility index (Phi) is 4.32. The third kappa shape index (κ3) is 2.96. The van der Waals surface area contributed by atoms with Gasteiger partial charge in [-0.1, -0.05) is 60.7 Å². The molecule has 4 nitrogen and oxygen atoms in total. The molecule has 1 atom stereocenters. The van der Waals surface area contributed by atoms with Crippen LogP contribution in [-0.2, 0) is 10.4 Å². The maximum atomic E-state index is 13.2. The topological polar surface area (TPSA) is 52.6 Å². The molecule has 0 aliphatic carbocycles. The molecule has 3 aliphatic rings. The zero-order valence-electron chi connectivity index (χ0n) is 14.3. The predicted molar refractivity (Wildman–Crippen MR) is 97.0 cm³/mol. The van der Waals surface area contributed by atoms with Crippen LogP contribution in [0.2, 0.25) is 0 Å². The number of benzene rings is 2. The second-order valence-corrected chi connectivity index (χ2v) is 7.16. The smallest absolute Gasteiger partial charge is 0.261 e. The minimum Gasteiger partial charge on any atom is -0.372 e. The van der Waals surface area contributed by atoms with Crippen molar-refractivity contribution in [3.05, 3.63) is 71.8 Å². The molecule has 1 unspecified atom stereocenters. The van der Waals surface area contributed by atoms with Crippen molar-refractivity contribution in [2.45, 2.75) is 24.5 Å². The predicted octanol–water partition coefficient (Wildman–Crippen LogP) is 2.13. The van der Waals surface area contributed by atoms with Crippen molar-refractivity contribution < 1.29 is 9.90 Å². The zero-order valence-corrected chi connectivity index (χ0v) is 14.3. The molecule has 0 aromatic heterocycles. The molecule has 3 aliphatic heterocycles. The fourth-order valence-electron chi connectivity index (χ4n) is 4.19. The molecule has 25 heavy (non-hydrogen) atoms. The normalized spacial score (nSPS) is 25.6. The molecule has 0 radical (unpaired) electrons. The largest absolute Gasteiger partial charge is 0.372 e. The number of rotatable bonds is 4. The number of carbonyl (C=O) groups is 1. The highest BCUT2D eigenvalue weighted by Crippen LogP contribution is 2.32. The molecule has 3 saturated heterocycles. The number of fused-ring (bicyclic) bond motifs is 3. The summed E-state index contributed by atoms with van der Waals surface area (Å²) in [5.74, 6) is 0.188. The lowest BCUT2D eigenvalue weighted by Crippen LogP contribution is -2.60. The monoisotopic (exact) mass is 336 g/mol. The van der Waals surface area contributed by atoms with Crippen LogP contribution in [-0.4, -0.2) is 41.6 Å². The molecule has 2 bridgehead atoms. The first-order valence-electron chi connectivity index (χ1n) is 9.04. The van der Waals surface area contributed by atoms with Crippen LogP contribution in [0.1, 0.15) is 24.0 Å². The van der Waals surface area contributed by atoms with E-state index < -0.39 is 5.60 Å². The first-order valence-corrected chi connectivity index (χ1v) is 9.04. The lowest BCUT2D eigenvalue weighted by atomic mass is 9.81. The number of piperidine rings is 3. The Labute approximate surface area is 148 Å². The number of nitrogens with one attached hydrogen (secondary N) is 1. The maximum Gasteiger partial charge on any atom is 0.261 e. The van der Waals surface area contributed by atoms with Crippen molar-refractivity contribution in [1.82, 2.24) is 10.2 Å². The third-order valence-corrected chi connectivity index (χ3v) is 5.68. The lowest BCUT2D eigenvalue weighted by molar-refractivity contribution is -0.138. The van der Waals surface area contributed by atoms with Crippen molar-refractivity contribution in [2.75, 3.05) is 19.6 Å². The van der Waals surface area contributed by atoms with Crippen LogP contribution in [0.4, 0.5) is 0 Å².